The van der Waals surface area contributed by atoms with Crippen molar-refractivity contribution < 1.29 is 8.42 Å². The minimum atomic E-state index is -3.61. The van der Waals surface area contributed by atoms with Gasteiger partial charge in [0.1, 0.15) is 0 Å². The minimum Gasteiger partial charge on any atom is -0.278 e. The monoisotopic (exact) mass is 385 g/mol. The van der Waals surface area contributed by atoms with Gasteiger partial charge in [0.15, 0.2) is 0 Å². The maximum atomic E-state index is 12.5. The van der Waals surface area contributed by atoms with Crippen LogP contribution in [0.15, 0.2) is 45.8 Å². The van der Waals surface area contributed by atoms with E-state index in [1.807, 2.05) is 6.07 Å². The highest BCUT2D eigenvalue weighted by atomic mass is 79.9. The predicted octanol–water partition coefficient (Wildman–Crippen LogP) is 4.39. The predicted molar refractivity (Wildman–Crippen MR) is 88.4 cm³/mol. The molecule has 0 fully saturated rings. The standard InChI is InChI=1S/C15H13BrClNO2S/c16-15-13(17)5-2-6-14(15)18-21(19,20)12-8-7-10-3-1-4-11(10)9-12/h2,5-9,18H,1,3-4H2. The second-order valence-corrected chi connectivity index (χ2v) is 7.87. The van der Waals surface area contributed by atoms with Gasteiger partial charge in [-0.25, -0.2) is 8.42 Å². The van der Waals surface area contributed by atoms with Crippen LogP contribution in [-0.4, -0.2) is 8.42 Å². The van der Waals surface area contributed by atoms with E-state index in [0.717, 1.165) is 24.8 Å². The van der Waals surface area contributed by atoms with Crippen LogP contribution in [0.25, 0.3) is 0 Å². The van der Waals surface area contributed by atoms with Crippen LogP contribution in [0.4, 0.5) is 5.69 Å². The summed E-state index contributed by atoms with van der Waals surface area (Å²) in [7, 11) is -3.61. The lowest BCUT2D eigenvalue weighted by Crippen LogP contribution is -2.13. The van der Waals surface area contributed by atoms with Crippen LogP contribution < -0.4 is 4.72 Å². The third-order valence-electron chi connectivity index (χ3n) is 3.58. The van der Waals surface area contributed by atoms with E-state index in [4.69, 9.17) is 11.6 Å². The molecule has 2 aromatic carbocycles. The highest BCUT2D eigenvalue weighted by Gasteiger charge is 2.19. The van der Waals surface area contributed by atoms with E-state index in [1.54, 1.807) is 30.3 Å². The number of halogens is 2. The van der Waals surface area contributed by atoms with Crippen LogP contribution in [0, 0.1) is 0 Å². The van der Waals surface area contributed by atoms with Crippen molar-refractivity contribution in [1.82, 2.24) is 0 Å². The molecule has 0 unspecified atom stereocenters. The lowest BCUT2D eigenvalue weighted by molar-refractivity contribution is 0.601. The SMILES string of the molecule is O=S(=O)(Nc1cccc(Cl)c1Br)c1ccc2c(c1)CCC2. The number of hydrogen-bond acceptors (Lipinski definition) is 2. The van der Waals surface area contributed by atoms with Crippen LogP contribution in [-0.2, 0) is 22.9 Å². The molecule has 110 valence electrons. The van der Waals surface area contributed by atoms with Crippen LogP contribution in [0.2, 0.25) is 5.02 Å². The first-order valence-electron chi connectivity index (χ1n) is 6.56. The van der Waals surface area contributed by atoms with Gasteiger partial charge >= 0.3 is 0 Å². The molecular formula is C15H13BrClNO2S. The Bertz CT molecular complexity index is 805. The number of nitrogens with one attached hydrogen (secondary N) is 1. The molecule has 1 aliphatic rings. The first-order valence-corrected chi connectivity index (χ1v) is 9.21. The third kappa shape index (κ3) is 2.96. The zero-order valence-electron chi connectivity index (χ0n) is 11.1. The summed E-state index contributed by atoms with van der Waals surface area (Å²) in [4.78, 5) is 0.287. The molecule has 6 heteroatoms. The molecule has 0 bridgehead atoms. The average molecular weight is 387 g/mol. The quantitative estimate of drug-likeness (QED) is 0.850. The summed E-state index contributed by atoms with van der Waals surface area (Å²) in [5.74, 6) is 0. The van der Waals surface area contributed by atoms with Gasteiger partial charge in [0, 0.05) is 0 Å². The molecule has 21 heavy (non-hydrogen) atoms. The highest BCUT2D eigenvalue weighted by Crippen LogP contribution is 2.32. The Morgan fingerprint density at radius 1 is 1.10 bits per heavy atom. The molecule has 3 nitrogen and oxygen atoms in total. The summed E-state index contributed by atoms with van der Waals surface area (Å²) in [5, 5.41) is 0.462. The molecule has 2 aromatic rings. The largest absolute Gasteiger partial charge is 0.278 e. The van der Waals surface area contributed by atoms with E-state index >= 15 is 0 Å². The van der Waals surface area contributed by atoms with Crippen LogP contribution in [0.5, 0.6) is 0 Å². The number of fused-ring (bicyclic) bond motifs is 1. The first kappa shape index (κ1) is 14.9. The van der Waals surface area contributed by atoms with Crippen molar-refractivity contribution in [2.24, 2.45) is 0 Å². The molecule has 0 saturated carbocycles. The Labute approximate surface area is 137 Å². The van der Waals surface area contributed by atoms with Crippen molar-refractivity contribution in [3.05, 3.63) is 57.0 Å². The van der Waals surface area contributed by atoms with E-state index in [-0.39, 0.29) is 4.90 Å². The van der Waals surface area contributed by atoms with Crippen molar-refractivity contribution in [3.63, 3.8) is 0 Å². The van der Waals surface area contributed by atoms with Crippen molar-refractivity contribution in [2.45, 2.75) is 24.2 Å². The van der Waals surface area contributed by atoms with E-state index in [2.05, 4.69) is 20.7 Å². The van der Waals surface area contributed by atoms with Gasteiger partial charge in [-0.2, -0.15) is 0 Å². The molecule has 0 aliphatic heterocycles. The molecule has 0 aromatic heterocycles. The number of rotatable bonds is 3. The van der Waals surface area contributed by atoms with Gasteiger partial charge in [0.05, 0.1) is 20.1 Å². The van der Waals surface area contributed by atoms with Crippen molar-refractivity contribution in [2.75, 3.05) is 4.72 Å². The fourth-order valence-electron chi connectivity index (χ4n) is 2.50. The fourth-order valence-corrected chi connectivity index (χ4v) is 4.29. The molecule has 0 radical (unpaired) electrons. The minimum absolute atomic E-state index is 0.287. The molecule has 0 amide bonds. The second kappa shape index (κ2) is 5.63. The Balaban J connectivity index is 1.96. The van der Waals surface area contributed by atoms with Crippen LogP contribution in [0.3, 0.4) is 0 Å². The van der Waals surface area contributed by atoms with Crippen molar-refractivity contribution in [3.8, 4) is 0 Å². The van der Waals surface area contributed by atoms with Gasteiger partial charge in [0.2, 0.25) is 0 Å². The van der Waals surface area contributed by atoms with Crippen molar-refractivity contribution in [1.29, 1.82) is 0 Å². The highest BCUT2D eigenvalue weighted by molar-refractivity contribution is 9.10. The van der Waals surface area contributed by atoms with Crippen LogP contribution in [0.1, 0.15) is 17.5 Å². The maximum Gasteiger partial charge on any atom is 0.261 e. The summed E-state index contributed by atoms with van der Waals surface area (Å²) < 4.78 is 28.1. The molecule has 1 N–H and O–H groups in total. The molecule has 3 rings (SSSR count). The van der Waals surface area contributed by atoms with Gasteiger partial charge in [-0.1, -0.05) is 23.7 Å². The summed E-state index contributed by atoms with van der Waals surface area (Å²) in [6.45, 7) is 0. The number of aryl methyl sites for hydroxylation is 2. The Morgan fingerprint density at radius 3 is 2.67 bits per heavy atom. The van der Waals surface area contributed by atoms with E-state index in [0.29, 0.717) is 15.2 Å². The van der Waals surface area contributed by atoms with Crippen molar-refractivity contribution >= 4 is 43.2 Å². The van der Waals surface area contributed by atoms with Gasteiger partial charge < -0.3 is 0 Å². The second-order valence-electron chi connectivity index (χ2n) is 4.99. The average Bonchev–Trinajstić information content (AvgIpc) is 2.91. The third-order valence-corrected chi connectivity index (χ3v) is 6.34. The zero-order chi connectivity index (χ0) is 15.0. The fraction of sp³-hybridized carbons (Fsp3) is 0.200. The zero-order valence-corrected chi connectivity index (χ0v) is 14.2. The first-order chi connectivity index (χ1) is 9.97. The van der Waals surface area contributed by atoms with Gasteiger partial charge in [0.25, 0.3) is 10.0 Å². The smallest absolute Gasteiger partial charge is 0.261 e. The summed E-state index contributed by atoms with van der Waals surface area (Å²) in [5.41, 5.74) is 2.81. The number of anilines is 1. The van der Waals surface area contributed by atoms with E-state index < -0.39 is 10.0 Å². The van der Waals surface area contributed by atoms with Gasteiger partial charge in [-0.3, -0.25) is 4.72 Å². The number of hydrogen-bond donors (Lipinski definition) is 1. The topological polar surface area (TPSA) is 46.2 Å². The number of sulfonamides is 1. The molecule has 0 atom stereocenters. The molecule has 0 spiro atoms. The lowest BCUT2D eigenvalue weighted by atomic mass is 10.1. The molecule has 0 heterocycles. The Morgan fingerprint density at radius 2 is 1.86 bits per heavy atom. The number of benzene rings is 2. The Kier molecular flexibility index (Phi) is 3.99. The summed E-state index contributed by atoms with van der Waals surface area (Å²) in [6.07, 6.45) is 3.06. The van der Waals surface area contributed by atoms with Gasteiger partial charge in [-0.15, -0.1) is 0 Å². The summed E-state index contributed by atoms with van der Waals surface area (Å²) in [6, 6.07) is 10.4. The van der Waals surface area contributed by atoms with E-state index in [9.17, 15) is 8.42 Å². The van der Waals surface area contributed by atoms with E-state index in [1.165, 1.54) is 5.56 Å². The molecular weight excluding hydrogens is 374 g/mol. The normalized spacial score (nSPS) is 14.0. The van der Waals surface area contributed by atoms with Gasteiger partial charge in [-0.05, 0) is 70.6 Å². The molecule has 1 aliphatic carbocycles. The lowest BCUT2D eigenvalue weighted by Gasteiger charge is -2.11. The maximum absolute atomic E-state index is 12.5. The molecule has 0 saturated heterocycles. The summed E-state index contributed by atoms with van der Waals surface area (Å²) >= 11 is 9.28. The Hall–Kier alpha value is -1.04. The van der Waals surface area contributed by atoms with Crippen LogP contribution >= 0.6 is 27.5 Å².